The number of aliphatic hydroxyl groups is 3. The second kappa shape index (κ2) is 2.40. The largest absolute Gasteiger partial charge is 0.389 e. The molecule has 1 aliphatic heterocycles. The third-order valence-corrected chi connectivity index (χ3v) is 2.97. The molecule has 1 saturated heterocycles. The van der Waals surface area contributed by atoms with E-state index in [1.54, 1.807) is 0 Å². The van der Waals surface area contributed by atoms with Crippen LogP contribution in [-0.4, -0.2) is 43.6 Å². The smallest absolute Gasteiger partial charge is 0.158 e. The van der Waals surface area contributed by atoms with E-state index in [0.29, 0.717) is 24.3 Å². The van der Waals surface area contributed by atoms with Crippen molar-refractivity contribution in [1.29, 1.82) is 0 Å². The lowest BCUT2D eigenvalue weighted by Gasteiger charge is -2.41. The van der Waals surface area contributed by atoms with E-state index in [1.165, 1.54) is 0 Å². The molecule has 1 aliphatic carbocycles. The fourth-order valence-corrected chi connectivity index (χ4v) is 2.17. The summed E-state index contributed by atoms with van der Waals surface area (Å²) in [4.78, 5) is 0. The van der Waals surface area contributed by atoms with Crippen LogP contribution in [0.2, 0.25) is 0 Å². The molecule has 0 radical (unpaired) electrons. The maximum Gasteiger partial charge on any atom is 0.158 e. The number of fused-ring (bicyclic) bond motifs is 2. The second-order valence-corrected chi connectivity index (χ2v) is 3.73. The van der Waals surface area contributed by atoms with Gasteiger partial charge in [-0.05, 0) is 25.2 Å². The molecule has 2 aliphatic rings. The van der Waals surface area contributed by atoms with Gasteiger partial charge in [0.2, 0.25) is 0 Å². The summed E-state index contributed by atoms with van der Waals surface area (Å²) in [6.07, 6.45) is -0.912. The van der Waals surface area contributed by atoms with Crippen LogP contribution in [-0.2, 0) is 0 Å². The van der Waals surface area contributed by atoms with E-state index in [0.717, 1.165) is 0 Å². The predicted octanol–water partition coefficient (Wildman–Crippen LogP) is -1.14. The van der Waals surface area contributed by atoms with Crippen LogP contribution in [0.5, 0.6) is 0 Å². The Morgan fingerprint density at radius 1 is 1.33 bits per heavy atom. The molecule has 1 saturated carbocycles. The Morgan fingerprint density at radius 3 is 2.67 bits per heavy atom. The second-order valence-electron chi connectivity index (χ2n) is 3.73. The summed E-state index contributed by atoms with van der Waals surface area (Å²) >= 11 is 0. The molecule has 70 valence electrons. The average molecular weight is 175 g/mol. The summed E-state index contributed by atoms with van der Waals surface area (Å²) in [6.45, 7) is 0. The summed E-state index contributed by atoms with van der Waals surface area (Å²) < 4.78 is 0. The zero-order valence-electron chi connectivity index (χ0n) is 6.59. The topological polar surface area (TPSA) is 84.2 Å². The zero-order chi connectivity index (χ0) is 8.93. The molecule has 2 rings (SSSR count). The minimum Gasteiger partial charge on any atom is -0.389 e. The number of hydroxylamine groups is 2. The number of aliphatic hydroxyl groups excluding tert-OH is 2. The minimum absolute atomic E-state index is 0.0894. The van der Waals surface area contributed by atoms with E-state index < -0.39 is 18.1 Å². The van der Waals surface area contributed by atoms with Crippen molar-refractivity contribution >= 4 is 0 Å². The lowest BCUT2D eigenvalue weighted by atomic mass is 9.94. The molecule has 4 N–H and O–H groups in total. The molecule has 0 aromatic rings. The standard InChI is InChI=1S/C7H13NO4/c9-5-4-1-2-7(11,3-4)8(12)6(5)10/h4-6,9-12H,1-3H2. The molecular formula is C7H13NO4. The molecule has 0 aromatic carbocycles. The van der Waals surface area contributed by atoms with Crippen molar-refractivity contribution in [2.45, 2.75) is 37.3 Å². The van der Waals surface area contributed by atoms with Crippen molar-refractivity contribution < 1.29 is 20.5 Å². The monoisotopic (exact) mass is 175 g/mol. The lowest BCUT2D eigenvalue weighted by Crippen LogP contribution is -2.59. The van der Waals surface area contributed by atoms with Gasteiger partial charge in [-0.25, -0.2) is 0 Å². The van der Waals surface area contributed by atoms with Gasteiger partial charge in [0.1, 0.15) is 5.72 Å². The van der Waals surface area contributed by atoms with Gasteiger partial charge < -0.3 is 20.5 Å². The minimum atomic E-state index is -1.35. The average Bonchev–Trinajstić information content (AvgIpc) is 2.41. The molecule has 1 heterocycles. The van der Waals surface area contributed by atoms with Gasteiger partial charge in [0.15, 0.2) is 6.23 Å². The Hall–Kier alpha value is -0.200. The lowest BCUT2D eigenvalue weighted by molar-refractivity contribution is -0.351. The van der Waals surface area contributed by atoms with Crippen LogP contribution in [0.3, 0.4) is 0 Å². The van der Waals surface area contributed by atoms with E-state index in [9.17, 15) is 20.5 Å². The maximum absolute atomic E-state index is 9.68. The Morgan fingerprint density at radius 2 is 2.00 bits per heavy atom. The van der Waals surface area contributed by atoms with E-state index in [4.69, 9.17) is 0 Å². The van der Waals surface area contributed by atoms with Gasteiger partial charge >= 0.3 is 0 Å². The summed E-state index contributed by atoms with van der Waals surface area (Å²) in [5, 5.41) is 38.1. The molecule has 4 unspecified atom stereocenters. The van der Waals surface area contributed by atoms with Gasteiger partial charge in [-0.2, -0.15) is 0 Å². The fourth-order valence-electron chi connectivity index (χ4n) is 2.17. The first-order chi connectivity index (χ1) is 5.54. The Kier molecular flexibility index (Phi) is 1.68. The van der Waals surface area contributed by atoms with E-state index >= 15 is 0 Å². The Balaban J connectivity index is 2.25. The number of rotatable bonds is 0. The number of hydrogen-bond acceptors (Lipinski definition) is 5. The first-order valence-corrected chi connectivity index (χ1v) is 4.11. The van der Waals surface area contributed by atoms with Crippen LogP contribution in [0.25, 0.3) is 0 Å². The Labute approximate surface area is 69.8 Å². The van der Waals surface area contributed by atoms with Crippen molar-refractivity contribution in [3.05, 3.63) is 0 Å². The van der Waals surface area contributed by atoms with Crippen LogP contribution < -0.4 is 0 Å². The van der Waals surface area contributed by atoms with E-state index in [2.05, 4.69) is 0 Å². The molecular weight excluding hydrogens is 162 g/mol. The van der Waals surface area contributed by atoms with Crippen LogP contribution >= 0.6 is 0 Å². The molecule has 5 heteroatoms. The van der Waals surface area contributed by atoms with Crippen LogP contribution in [0.1, 0.15) is 19.3 Å². The van der Waals surface area contributed by atoms with Crippen molar-refractivity contribution in [2.75, 3.05) is 0 Å². The molecule has 12 heavy (non-hydrogen) atoms. The van der Waals surface area contributed by atoms with Gasteiger partial charge in [0.05, 0.1) is 6.10 Å². The first kappa shape index (κ1) is 8.40. The van der Waals surface area contributed by atoms with Crippen molar-refractivity contribution in [3.63, 3.8) is 0 Å². The molecule has 5 nitrogen and oxygen atoms in total. The van der Waals surface area contributed by atoms with E-state index in [1.807, 2.05) is 0 Å². The van der Waals surface area contributed by atoms with Crippen molar-refractivity contribution in [2.24, 2.45) is 5.92 Å². The third-order valence-electron chi connectivity index (χ3n) is 2.97. The third kappa shape index (κ3) is 0.915. The maximum atomic E-state index is 9.68. The van der Waals surface area contributed by atoms with Crippen LogP contribution in [0, 0.1) is 5.92 Å². The highest BCUT2D eigenvalue weighted by Crippen LogP contribution is 2.44. The van der Waals surface area contributed by atoms with Crippen molar-refractivity contribution in [3.8, 4) is 0 Å². The van der Waals surface area contributed by atoms with Gasteiger partial charge in [0.25, 0.3) is 0 Å². The highest BCUT2D eigenvalue weighted by molar-refractivity contribution is 4.97. The normalized spacial score (nSPS) is 54.5. The first-order valence-electron chi connectivity index (χ1n) is 4.11. The van der Waals surface area contributed by atoms with Crippen LogP contribution in [0.4, 0.5) is 0 Å². The fraction of sp³-hybridized carbons (Fsp3) is 1.00. The van der Waals surface area contributed by atoms with Gasteiger partial charge in [-0.1, -0.05) is 0 Å². The van der Waals surface area contributed by atoms with Crippen LogP contribution in [0.15, 0.2) is 0 Å². The SMILES string of the molecule is OC1C2CCC(O)(C2)N(O)C1O. The molecule has 2 bridgehead atoms. The van der Waals surface area contributed by atoms with Gasteiger partial charge in [0, 0.05) is 0 Å². The molecule has 0 amide bonds. The molecule has 0 spiro atoms. The predicted molar refractivity (Wildman–Crippen MR) is 37.9 cm³/mol. The zero-order valence-corrected chi connectivity index (χ0v) is 6.59. The highest BCUT2D eigenvalue weighted by Gasteiger charge is 2.54. The number of hydrogen-bond donors (Lipinski definition) is 4. The van der Waals surface area contributed by atoms with Crippen molar-refractivity contribution in [1.82, 2.24) is 5.06 Å². The summed E-state index contributed by atoms with van der Waals surface area (Å²) in [5.41, 5.74) is -1.32. The molecule has 2 fully saturated rings. The summed E-state index contributed by atoms with van der Waals surface area (Å²) in [5.74, 6) is -0.0894. The highest BCUT2D eigenvalue weighted by atomic mass is 16.6. The quantitative estimate of drug-likeness (QED) is 0.374. The van der Waals surface area contributed by atoms with Gasteiger partial charge in [-0.3, -0.25) is 0 Å². The molecule has 4 atom stereocenters. The van der Waals surface area contributed by atoms with E-state index in [-0.39, 0.29) is 5.92 Å². The van der Waals surface area contributed by atoms with Gasteiger partial charge in [-0.15, -0.1) is 5.06 Å². The molecule has 0 aromatic heterocycles. The Bertz CT molecular complexity index is 200. The summed E-state index contributed by atoms with van der Waals surface area (Å²) in [7, 11) is 0. The number of piperidine rings is 1. The number of nitrogens with zero attached hydrogens (tertiary/aromatic N) is 1. The summed E-state index contributed by atoms with van der Waals surface area (Å²) in [6, 6.07) is 0.